The lowest BCUT2D eigenvalue weighted by Crippen LogP contribution is -2.34. The topological polar surface area (TPSA) is 67.6 Å². The molecule has 0 radical (unpaired) electrons. The molecule has 0 aliphatic carbocycles. The summed E-state index contributed by atoms with van der Waals surface area (Å²) in [6, 6.07) is 7.46. The number of anilines is 1. The second-order valence-corrected chi connectivity index (χ2v) is 6.38. The summed E-state index contributed by atoms with van der Waals surface area (Å²) in [6.07, 6.45) is 5.56. The van der Waals surface area contributed by atoms with E-state index in [1.165, 1.54) is 0 Å². The fourth-order valence-corrected chi connectivity index (χ4v) is 3.10. The molecule has 1 fully saturated rings. The van der Waals surface area contributed by atoms with Crippen LogP contribution in [-0.4, -0.2) is 29.2 Å². The largest absolute Gasteiger partial charge is 0.494 e. The molecule has 134 valence electrons. The van der Waals surface area contributed by atoms with E-state index in [0.717, 1.165) is 61.5 Å². The zero-order valence-electron chi connectivity index (χ0n) is 14.8. The monoisotopic (exact) mass is 343 g/mol. The molecule has 2 amide bonds. The summed E-state index contributed by atoms with van der Waals surface area (Å²) in [5.74, 6) is 0.839. The van der Waals surface area contributed by atoms with Crippen LogP contribution < -0.4 is 10.1 Å². The molecule has 2 aromatic rings. The Morgan fingerprint density at radius 2 is 2.32 bits per heavy atom. The molecule has 0 saturated carbocycles. The van der Waals surface area contributed by atoms with Crippen LogP contribution in [0.4, 0.5) is 10.5 Å². The SMILES string of the molecule is CCCCOc1ccc(NC(=O)N2CCC[C@@H]2c2ccon2)c(C)c1. The van der Waals surface area contributed by atoms with Gasteiger partial charge in [-0.05, 0) is 49.9 Å². The van der Waals surface area contributed by atoms with Gasteiger partial charge in [0, 0.05) is 18.3 Å². The Hall–Kier alpha value is -2.50. The minimum atomic E-state index is -0.103. The number of carbonyl (C=O) groups excluding carboxylic acids is 1. The molecule has 1 atom stereocenters. The first-order chi connectivity index (χ1) is 12.2. The first-order valence-electron chi connectivity index (χ1n) is 8.90. The Morgan fingerprint density at radius 1 is 1.44 bits per heavy atom. The third kappa shape index (κ3) is 4.13. The number of aromatic nitrogens is 1. The van der Waals surface area contributed by atoms with Crippen molar-refractivity contribution in [3.8, 4) is 5.75 Å². The number of urea groups is 1. The Kier molecular flexibility index (Phi) is 5.58. The number of amides is 2. The standard InChI is InChI=1S/C19H25N3O3/c1-3-4-11-24-15-7-8-16(14(2)13-15)20-19(23)22-10-5-6-18(22)17-9-12-25-21-17/h7-9,12-13,18H,3-6,10-11H2,1-2H3,(H,20,23)/t18-/m1/s1. The van der Waals surface area contributed by atoms with Crippen molar-refractivity contribution in [1.82, 2.24) is 10.1 Å². The van der Waals surface area contributed by atoms with Gasteiger partial charge in [-0.25, -0.2) is 4.79 Å². The van der Waals surface area contributed by atoms with Gasteiger partial charge in [-0.2, -0.15) is 0 Å². The summed E-state index contributed by atoms with van der Waals surface area (Å²) in [4.78, 5) is 14.5. The van der Waals surface area contributed by atoms with Crippen LogP contribution in [0.1, 0.15) is 49.9 Å². The van der Waals surface area contributed by atoms with E-state index in [4.69, 9.17) is 9.26 Å². The van der Waals surface area contributed by atoms with Gasteiger partial charge in [0.2, 0.25) is 0 Å². The van der Waals surface area contributed by atoms with Gasteiger partial charge in [-0.1, -0.05) is 18.5 Å². The lowest BCUT2D eigenvalue weighted by atomic mass is 10.1. The zero-order chi connectivity index (χ0) is 17.6. The highest BCUT2D eigenvalue weighted by molar-refractivity contribution is 5.90. The van der Waals surface area contributed by atoms with Gasteiger partial charge in [-0.3, -0.25) is 0 Å². The zero-order valence-corrected chi connectivity index (χ0v) is 14.8. The number of aryl methyl sites for hydroxylation is 1. The van der Waals surface area contributed by atoms with Crippen molar-refractivity contribution in [3.63, 3.8) is 0 Å². The van der Waals surface area contributed by atoms with E-state index >= 15 is 0 Å². The number of ether oxygens (including phenoxy) is 1. The van der Waals surface area contributed by atoms with E-state index < -0.39 is 0 Å². The van der Waals surface area contributed by atoms with Crippen molar-refractivity contribution in [2.45, 2.75) is 45.6 Å². The summed E-state index contributed by atoms with van der Waals surface area (Å²) < 4.78 is 10.6. The van der Waals surface area contributed by atoms with Crippen LogP contribution in [0, 0.1) is 6.92 Å². The molecule has 3 rings (SSSR count). The Morgan fingerprint density at radius 3 is 3.04 bits per heavy atom. The molecule has 6 heteroatoms. The summed E-state index contributed by atoms with van der Waals surface area (Å²) >= 11 is 0. The Balaban J connectivity index is 1.64. The fraction of sp³-hybridized carbons (Fsp3) is 0.474. The lowest BCUT2D eigenvalue weighted by Gasteiger charge is -2.24. The second kappa shape index (κ2) is 8.05. The maximum Gasteiger partial charge on any atom is 0.322 e. The second-order valence-electron chi connectivity index (χ2n) is 6.38. The van der Waals surface area contributed by atoms with Crippen molar-refractivity contribution in [2.24, 2.45) is 0 Å². The van der Waals surface area contributed by atoms with Crippen LogP contribution in [0.25, 0.3) is 0 Å². The number of benzene rings is 1. The number of unbranched alkanes of at least 4 members (excludes halogenated alkanes) is 1. The highest BCUT2D eigenvalue weighted by Crippen LogP contribution is 2.32. The minimum absolute atomic E-state index is 0.0179. The van der Waals surface area contributed by atoms with Crippen LogP contribution in [0.2, 0.25) is 0 Å². The molecule has 6 nitrogen and oxygen atoms in total. The highest BCUT2D eigenvalue weighted by atomic mass is 16.5. The van der Waals surface area contributed by atoms with Gasteiger partial charge >= 0.3 is 6.03 Å². The molecule has 1 aliphatic rings. The molecule has 0 bridgehead atoms. The Labute approximate surface area is 148 Å². The van der Waals surface area contributed by atoms with E-state index in [0.29, 0.717) is 0 Å². The van der Waals surface area contributed by atoms with Crippen LogP contribution in [0.3, 0.4) is 0 Å². The van der Waals surface area contributed by atoms with Crippen LogP contribution >= 0.6 is 0 Å². The molecular formula is C19H25N3O3. The van der Waals surface area contributed by atoms with Gasteiger partial charge in [0.15, 0.2) is 0 Å². The van der Waals surface area contributed by atoms with Crippen molar-refractivity contribution in [2.75, 3.05) is 18.5 Å². The number of likely N-dealkylation sites (tertiary alicyclic amines) is 1. The number of hydrogen-bond acceptors (Lipinski definition) is 4. The lowest BCUT2D eigenvalue weighted by molar-refractivity contribution is 0.204. The number of nitrogens with zero attached hydrogens (tertiary/aromatic N) is 2. The van der Waals surface area contributed by atoms with E-state index in [-0.39, 0.29) is 12.1 Å². The normalized spacial score (nSPS) is 16.9. The van der Waals surface area contributed by atoms with Gasteiger partial charge in [0.05, 0.1) is 12.6 Å². The number of nitrogens with one attached hydrogen (secondary N) is 1. The van der Waals surface area contributed by atoms with Gasteiger partial charge < -0.3 is 19.5 Å². The maximum absolute atomic E-state index is 12.7. The van der Waals surface area contributed by atoms with E-state index in [2.05, 4.69) is 17.4 Å². The highest BCUT2D eigenvalue weighted by Gasteiger charge is 2.31. The number of rotatable bonds is 6. The van der Waals surface area contributed by atoms with E-state index in [9.17, 15) is 4.79 Å². The molecule has 2 heterocycles. The quantitative estimate of drug-likeness (QED) is 0.782. The summed E-state index contributed by atoms with van der Waals surface area (Å²) in [7, 11) is 0. The predicted molar refractivity (Wildman–Crippen MR) is 95.8 cm³/mol. The Bertz CT molecular complexity index is 700. The summed E-state index contributed by atoms with van der Waals surface area (Å²) in [6.45, 7) is 5.55. The summed E-state index contributed by atoms with van der Waals surface area (Å²) in [5.41, 5.74) is 2.60. The molecule has 1 saturated heterocycles. The number of carbonyl (C=O) groups is 1. The van der Waals surface area contributed by atoms with Gasteiger partial charge in [0.1, 0.15) is 17.7 Å². The molecular weight excluding hydrogens is 318 g/mol. The first kappa shape index (κ1) is 17.3. The average Bonchev–Trinajstić information content (AvgIpc) is 3.28. The third-order valence-electron chi connectivity index (χ3n) is 4.52. The fourth-order valence-electron chi connectivity index (χ4n) is 3.10. The molecule has 1 N–H and O–H groups in total. The van der Waals surface area contributed by atoms with Crippen molar-refractivity contribution in [1.29, 1.82) is 0 Å². The van der Waals surface area contributed by atoms with E-state index in [1.54, 1.807) is 6.26 Å². The van der Waals surface area contributed by atoms with Crippen LogP contribution in [0.15, 0.2) is 35.1 Å². The van der Waals surface area contributed by atoms with Crippen molar-refractivity contribution in [3.05, 3.63) is 41.8 Å². The molecule has 0 spiro atoms. The number of hydrogen-bond donors (Lipinski definition) is 1. The molecule has 1 aromatic carbocycles. The van der Waals surface area contributed by atoms with E-state index in [1.807, 2.05) is 36.1 Å². The molecule has 25 heavy (non-hydrogen) atoms. The average molecular weight is 343 g/mol. The smallest absolute Gasteiger partial charge is 0.322 e. The van der Waals surface area contributed by atoms with Crippen LogP contribution in [0.5, 0.6) is 5.75 Å². The van der Waals surface area contributed by atoms with Crippen LogP contribution in [-0.2, 0) is 0 Å². The maximum atomic E-state index is 12.7. The first-order valence-corrected chi connectivity index (χ1v) is 8.90. The van der Waals surface area contributed by atoms with Crippen molar-refractivity contribution >= 4 is 11.7 Å². The molecule has 1 aliphatic heterocycles. The van der Waals surface area contributed by atoms with Gasteiger partial charge in [0.25, 0.3) is 0 Å². The third-order valence-corrected chi connectivity index (χ3v) is 4.52. The summed E-state index contributed by atoms with van der Waals surface area (Å²) in [5, 5.41) is 7.00. The van der Waals surface area contributed by atoms with Crippen molar-refractivity contribution < 1.29 is 14.1 Å². The minimum Gasteiger partial charge on any atom is -0.494 e. The van der Waals surface area contributed by atoms with Gasteiger partial charge in [-0.15, -0.1) is 0 Å². The molecule has 0 unspecified atom stereocenters. The predicted octanol–water partition coefficient (Wildman–Crippen LogP) is 4.53. The molecule has 1 aromatic heterocycles.